The first kappa shape index (κ1) is 16.5. The molecule has 0 saturated carbocycles. The third-order valence-electron chi connectivity index (χ3n) is 5.06. The number of piperidine rings is 1. The smallest absolute Gasteiger partial charge is 0.262 e. The van der Waals surface area contributed by atoms with E-state index in [-0.39, 0.29) is 18.7 Å². The van der Waals surface area contributed by atoms with Crippen LogP contribution in [0.4, 0.5) is 0 Å². The molecule has 4 amide bonds. The molecule has 4 rings (SSSR count). The quantitative estimate of drug-likeness (QED) is 0.825. The summed E-state index contributed by atoms with van der Waals surface area (Å²) in [6.07, 6.45) is 6.50. The molecule has 0 aromatic heterocycles. The molecular formula is C19H19N3O4. The lowest BCUT2D eigenvalue weighted by Crippen LogP contribution is -2.54. The van der Waals surface area contributed by atoms with Gasteiger partial charge in [0, 0.05) is 19.5 Å². The van der Waals surface area contributed by atoms with Crippen molar-refractivity contribution in [3.63, 3.8) is 0 Å². The van der Waals surface area contributed by atoms with Crippen LogP contribution in [0.3, 0.4) is 0 Å². The zero-order valence-corrected chi connectivity index (χ0v) is 14.2. The Balaban J connectivity index is 1.65. The van der Waals surface area contributed by atoms with Crippen molar-refractivity contribution in [1.82, 2.24) is 15.1 Å². The van der Waals surface area contributed by atoms with Crippen LogP contribution in [0.1, 0.15) is 52.0 Å². The van der Waals surface area contributed by atoms with E-state index in [1.54, 1.807) is 12.1 Å². The Morgan fingerprint density at radius 2 is 1.96 bits per heavy atom. The van der Waals surface area contributed by atoms with Gasteiger partial charge in [-0.15, -0.1) is 0 Å². The predicted molar refractivity (Wildman–Crippen MR) is 91.9 cm³/mol. The van der Waals surface area contributed by atoms with E-state index in [4.69, 9.17) is 0 Å². The van der Waals surface area contributed by atoms with Crippen LogP contribution >= 0.6 is 0 Å². The lowest BCUT2D eigenvalue weighted by atomic mass is 10.0. The van der Waals surface area contributed by atoms with E-state index >= 15 is 0 Å². The maximum atomic E-state index is 13.0. The van der Waals surface area contributed by atoms with E-state index in [1.807, 2.05) is 12.3 Å². The minimum atomic E-state index is -0.928. The monoisotopic (exact) mass is 353 g/mol. The number of carbonyl (C=O) groups excluding carboxylic acids is 4. The van der Waals surface area contributed by atoms with Gasteiger partial charge in [-0.25, -0.2) is 0 Å². The molecule has 7 heteroatoms. The van der Waals surface area contributed by atoms with E-state index in [9.17, 15) is 19.2 Å². The summed E-state index contributed by atoms with van der Waals surface area (Å²) in [4.78, 5) is 52.4. The molecule has 0 radical (unpaired) electrons. The molecule has 3 heterocycles. The fourth-order valence-electron chi connectivity index (χ4n) is 3.78. The Bertz CT molecular complexity index is 845. The summed E-state index contributed by atoms with van der Waals surface area (Å²) in [5.41, 5.74) is 1.49. The molecule has 26 heavy (non-hydrogen) atoms. The fraction of sp³-hybridized carbons (Fsp3) is 0.368. The molecule has 1 aromatic carbocycles. The average Bonchev–Trinajstić information content (AvgIpc) is 2.88. The van der Waals surface area contributed by atoms with Gasteiger partial charge in [0.1, 0.15) is 6.04 Å². The van der Waals surface area contributed by atoms with E-state index in [0.29, 0.717) is 17.7 Å². The third kappa shape index (κ3) is 2.69. The molecule has 0 bridgehead atoms. The Morgan fingerprint density at radius 1 is 1.12 bits per heavy atom. The zero-order chi connectivity index (χ0) is 18.3. The first-order valence-electron chi connectivity index (χ1n) is 8.80. The molecule has 1 unspecified atom stereocenters. The lowest BCUT2D eigenvalue weighted by molar-refractivity contribution is -0.136. The molecule has 1 saturated heterocycles. The summed E-state index contributed by atoms with van der Waals surface area (Å²) in [5, 5.41) is 2.21. The third-order valence-corrected chi connectivity index (χ3v) is 5.06. The number of imide groups is 2. The molecule has 134 valence electrons. The number of rotatable bonds is 3. The molecule has 1 atom stereocenters. The van der Waals surface area contributed by atoms with E-state index in [0.717, 1.165) is 29.8 Å². The molecule has 1 fully saturated rings. The van der Waals surface area contributed by atoms with Crippen LogP contribution in [-0.2, 0) is 16.1 Å². The lowest BCUT2D eigenvalue weighted by Gasteiger charge is -2.28. The highest BCUT2D eigenvalue weighted by molar-refractivity contribution is 6.24. The van der Waals surface area contributed by atoms with Crippen molar-refractivity contribution < 1.29 is 19.2 Å². The van der Waals surface area contributed by atoms with Crippen molar-refractivity contribution in [2.45, 2.75) is 38.3 Å². The summed E-state index contributed by atoms with van der Waals surface area (Å²) < 4.78 is 0. The second-order valence-electron chi connectivity index (χ2n) is 6.78. The Labute approximate surface area is 150 Å². The summed E-state index contributed by atoms with van der Waals surface area (Å²) in [6.45, 7) is 1.45. The van der Waals surface area contributed by atoms with Crippen LogP contribution in [0.25, 0.3) is 0 Å². The van der Waals surface area contributed by atoms with Gasteiger partial charge < -0.3 is 4.90 Å². The van der Waals surface area contributed by atoms with Gasteiger partial charge in [-0.3, -0.25) is 29.4 Å². The molecule has 3 aliphatic rings. The van der Waals surface area contributed by atoms with Gasteiger partial charge in [0.05, 0.1) is 11.1 Å². The summed E-state index contributed by atoms with van der Waals surface area (Å²) in [6, 6.07) is 4.31. The van der Waals surface area contributed by atoms with E-state index in [1.165, 1.54) is 0 Å². The second-order valence-corrected chi connectivity index (χ2v) is 6.78. The normalized spacial score (nSPS) is 22.7. The molecule has 3 aliphatic heterocycles. The number of hydrogen-bond donors (Lipinski definition) is 1. The van der Waals surface area contributed by atoms with Crippen LogP contribution in [0.15, 0.2) is 30.5 Å². The number of fused-ring (bicyclic) bond motifs is 1. The Hall–Kier alpha value is -2.96. The maximum absolute atomic E-state index is 13.0. The van der Waals surface area contributed by atoms with Crippen molar-refractivity contribution in [2.75, 3.05) is 6.54 Å². The minimum absolute atomic E-state index is 0.120. The van der Waals surface area contributed by atoms with Crippen LogP contribution in [-0.4, -0.2) is 46.0 Å². The van der Waals surface area contributed by atoms with Crippen molar-refractivity contribution in [3.8, 4) is 0 Å². The highest BCUT2D eigenvalue weighted by atomic mass is 16.2. The molecule has 1 N–H and O–H groups in total. The highest BCUT2D eigenvalue weighted by Crippen LogP contribution is 2.30. The molecule has 7 nitrogen and oxygen atoms in total. The van der Waals surface area contributed by atoms with Crippen LogP contribution in [0.5, 0.6) is 0 Å². The van der Waals surface area contributed by atoms with Gasteiger partial charge in [-0.1, -0.05) is 18.2 Å². The standard InChI is InChI=1S/C19H19N3O4/c23-15-8-7-14(17(24)20-15)22-18(25)13-6-4-5-12(16(13)19(22)26)11-21-9-2-1-3-10-21/h2,4-6,9,14H,1,3,7-8,10-11H2,(H,20,23,24). The molecule has 0 aliphatic carbocycles. The van der Waals surface area contributed by atoms with Crippen LogP contribution < -0.4 is 5.32 Å². The number of amides is 4. The first-order chi connectivity index (χ1) is 12.6. The second kappa shape index (κ2) is 6.40. The number of benzene rings is 1. The maximum Gasteiger partial charge on any atom is 0.262 e. The summed E-state index contributed by atoms with van der Waals surface area (Å²) >= 11 is 0. The van der Waals surface area contributed by atoms with Gasteiger partial charge in [-0.2, -0.15) is 0 Å². The van der Waals surface area contributed by atoms with Crippen molar-refractivity contribution in [2.24, 2.45) is 0 Å². The summed E-state index contributed by atoms with van der Waals surface area (Å²) in [5.74, 6) is -1.87. The topological polar surface area (TPSA) is 86.8 Å². The largest absolute Gasteiger partial charge is 0.373 e. The van der Waals surface area contributed by atoms with Crippen LogP contribution in [0.2, 0.25) is 0 Å². The Morgan fingerprint density at radius 3 is 2.69 bits per heavy atom. The van der Waals surface area contributed by atoms with Crippen molar-refractivity contribution in [1.29, 1.82) is 0 Å². The predicted octanol–water partition coefficient (Wildman–Crippen LogP) is 1.20. The SMILES string of the molecule is O=C1CCC(N2C(=O)c3cccc(CN4C=CCCC4)c3C2=O)C(=O)N1. The highest BCUT2D eigenvalue weighted by Gasteiger charge is 2.45. The summed E-state index contributed by atoms with van der Waals surface area (Å²) in [7, 11) is 0. The first-order valence-corrected chi connectivity index (χ1v) is 8.80. The van der Waals surface area contributed by atoms with Crippen LogP contribution in [0, 0.1) is 0 Å². The zero-order valence-electron chi connectivity index (χ0n) is 14.2. The molecular weight excluding hydrogens is 334 g/mol. The van der Waals surface area contributed by atoms with Gasteiger partial charge in [0.25, 0.3) is 11.8 Å². The number of nitrogens with one attached hydrogen (secondary N) is 1. The number of nitrogens with zero attached hydrogens (tertiary/aromatic N) is 2. The van der Waals surface area contributed by atoms with Gasteiger partial charge >= 0.3 is 0 Å². The van der Waals surface area contributed by atoms with Crippen molar-refractivity contribution in [3.05, 3.63) is 47.2 Å². The Kier molecular flexibility index (Phi) is 4.06. The average molecular weight is 353 g/mol. The number of carbonyl (C=O) groups is 4. The van der Waals surface area contributed by atoms with Gasteiger partial charge in [-0.05, 0) is 37.1 Å². The van der Waals surface area contributed by atoms with Gasteiger partial charge in [0.2, 0.25) is 11.8 Å². The van der Waals surface area contributed by atoms with Gasteiger partial charge in [0.15, 0.2) is 0 Å². The molecule has 0 spiro atoms. The number of hydrogen-bond acceptors (Lipinski definition) is 5. The fourth-order valence-corrected chi connectivity index (χ4v) is 3.78. The number of allylic oxidation sites excluding steroid dienone is 1. The molecule has 1 aromatic rings. The minimum Gasteiger partial charge on any atom is -0.373 e. The van der Waals surface area contributed by atoms with Crippen molar-refractivity contribution >= 4 is 23.6 Å². The van der Waals surface area contributed by atoms with E-state index in [2.05, 4.69) is 16.3 Å². The van der Waals surface area contributed by atoms with E-state index < -0.39 is 23.8 Å².